The van der Waals surface area contributed by atoms with Crippen molar-refractivity contribution in [3.63, 3.8) is 0 Å². The van der Waals surface area contributed by atoms with Gasteiger partial charge in [0.2, 0.25) is 10.0 Å². The molecule has 1 unspecified atom stereocenters. The van der Waals surface area contributed by atoms with E-state index in [1.807, 2.05) is 43.5 Å². The molecule has 0 spiro atoms. The number of aromatic nitrogens is 4. The van der Waals surface area contributed by atoms with Gasteiger partial charge in [0.1, 0.15) is 10.7 Å². The molecule has 1 saturated heterocycles. The third-order valence-electron chi connectivity index (χ3n) is 5.55. The largest absolute Gasteiger partial charge is 0.324 e. The molecule has 28 heavy (non-hydrogen) atoms. The van der Waals surface area contributed by atoms with Crippen molar-refractivity contribution in [3.8, 4) is 11.4 Å². The first-order valence-corrected chi connectivity index (χ1v) is 10.8. The number of benzene rings is 1. The number of imidazole rings is 1. The highest BCUT2D eigenvalue weighted by Gasteiger charge is 2.37. The van der Waals surface area contributed by atoms with Crippen molar-refractivity contribution in [1.29, 1.82) is 0 Å². The van der Waals surface area contributed by atoms with E-state index in [0.29, 0.717) is 29.4 Å². The molecule has 1 aromatic carbocycles. The zero-order valence-corrected chi connectivity index (χ0v) is 17.4. The number of aryl methyl sites for hydroxylation is 3. The van der Waals surface area contributed by atoms with Gasteiger partial charge in [0.15, 0.2) is 0 Å². The number of hydrogen-bond donors (Lipinski definition) is 0. The van der Waals surface area contributed by atoms with Gasteiger partial charge in [0, 0.05) is 37.6 Å². The fraction of sp³-hybridized carbons (Fsp3) is 0.400. The van der Waals surface area contributed by atoms with Gasteiger partial charge in [-0.2, -0.15) is 9.40 Å². The Morgan fingerprint density at radius 1 is 1.11 bits per heavy atom. The van der Waals surface area contributed by atoms with Crippen LogP contribution < -0.4 is 0 Å². The summed E-state index contributed by atoms with van der Waals surface area (Å²) < 4.78 is 32.0. The fourth-order valence-electron chi connectivity index (χ4n) is 4.10. The van der Waals surface area contributed by atoms with Crippen LogP contribution in [0, 0.1) is 20.8 Å². The summed E-state index contributed by atoms with van der Waals surface area (Å²) in [6, 6.07) is 10.1. The second-order valence-corrected chi connectivity index (χ2v) is 9.26. The van der Waals surface area contributed by atoms with E-state index in [2.05, 4.69) is 14.6 Å². The predicted molar refractivity (Wildman–Crippen MR) is 107 cm³/mol. The lowest BCUT2D eigenvalue weighted by Crippen LogP contribution is -2.30. The van der Waals surface area contributed by atoms with Crippen LogP contribution in [-0.4, -0.2) is 45.1 Å². The second-order valence-electron chi connectivity index (χ2n) is 7.39. The van der Waals surface area contributed by atoms with Gasteiger partial charge in [-0.15, -0.1) is 0 Å². The van der Waals surface area contributed by atoms with Crippen molar-refractivity contribution in [2.24, 2.45) is 7.05 Å². The normalized spacial score (nSPS) is 18.1. The maximum Gasteiger partial charge on any atom is 0.246 e. The lowest BCUT2D eigenvalue weighted by Gasteiger charge is -2.20. The van der Waals surface area contributed by atoms with E-state index in [9.17, 15) is 8.42 Å². The van der Waals surface area contributed by atoms with Crippen LogP contribution in [0.5, 0.6) is 0 Å². The third kappa shape index (κ3) is 2.97. The number of rotatable bonds is 4. The standard InChI is InChI=1S/C20H25N5O2S/c1-14-12-21-20(17-8-6-5-7-9-17)25(14)18-10-11-24(13-18)28(26,27)19-15(2)22-23(4)16(19)3/h5-9,12,18H,10-11,13H2,1-4H3. The Balaban J connectivity index is 1.67. The topological polar surface area (TPSA) is 73.0 Å². The first-order chi connectivity index (χ1) is 13.3. The third-order valence-corrected chi connectivity index (χ3v) is 7.66. The average molecular weight is 400 g/mol. The van der Waals surface area contributed by atoms with Gasteiger partial charge in [0.25, 0.3) is 0 Å². The van der Waals surface area contributed by atoms with Crippen LogP contribution in [0.4, 0.5) is 0 Å². The number of nitrogens with zero attached hydrogens (tertiary/aromatic N) is 5. The molecule has 8 heteroatoms. The van der Waals surface area contributed by atoms with E-state index in [1.165, 1.54) is 0 Å². The van der Waals surface area contributed by atoms with Crippen molar-refractivity contribution in [3.05, 3.63) is 53.6 Å². The van der Waals surface area contributed by atoms with Crippen LogP contribution in [0.2, 0.25) is 0 Å². The average Bonchev–Trinajstić information content (AvgIpc) is 3.34. The highest BCUT2D eigenvalue weighted by Crippen LogP contribution is 2.33. The van der Waals surface area contributed by atoms with E-state index in [0.717, 1.165) is 23.5 Å². The molecule has 3 aromatic rings. The molecule has 1 aliphatic heterocycles. The molecule has 0 radical (unpaired) electrons. The van der Waals surface area contributed by atoms with Gasteiger partial charge in [-0.25, -0.2) is 13.4 Å². The molecule has 3 heterocycles. The van der Waals surface area contributed by atoms with Gasteiger partial charge in [-0.1, -0.05) is 30.3 Å². The van der Waals surface area contributed by atoms with Crippen LogP contribution in [0.3, 0.4) is 0 Å². The summed E-state index contributed by atoms with van der Waals surface area (Å²) in [7, 11) is -1.80. The van der Waals surface area contributed by atoms with E-state index >= 15 is 0 Å². The SMILES string of the molecule is Cc1nn(C)c(C)c1S(=O)(=O)N1CCC(n2c(C)cnc2-c2ccccc2)C1. The molecule has 1 aliphatic rings. The highest BCUT2D eigenvalue weighted by molar-refractivity contribution is 7.89. The van der Waals surface area contributed by atoms with Gasteiger partial charge in [-0.05, 0) is 27.2 Å². The number of sulfonamides is 1. The zero-order chi connectivity index (χ0) is 20.1. The summed E-state index contributed by atoms with van der Waals surface area (Å²) in [4.78, 5) is 4.92. The molecule has 148 valence electrons. The Hall–Kier alpha value is -2.45. The van der Waals surface area contributed by atoms with Crippen LogP contribution in [0.25, 0.3) is 11.4 Å². The lowest BCUT2D eigenvalue weighted by atomic mass is 10.2. The molecule has 2 aromatic heterocycles. The molecule has 0 amide bonds. The van der Waals surface area contributed by atoms with Crippen molar-refractivity contribution in [2.75, 3.05) is 13.1 Å². The summed E-state index contributed by atoms with van der Waals surface area (Å²) in [6.45, 7) is 6.50. The maximum absolute atomic E-state index is 13.3. The van der Waals surface area contributed by atoms with E-state index in [-0.39, 0.29) is 6.04 Å². The Morgan fingerprint density at radius 3 is 2.46 bits per heavy atom. The quantitative estimate of drug-likeness (QED) is 0.676. The van der Waals surface area contributed by atoms with Crippen molar-refractivity contribution < 1.29 is 8.42 Å². The highest BCUT2D eigenvalue weighted by atomic mass is 32.2. The minimum absolute atomic E-state index is 0.0600. The molecule has 0 N–H and O–H groups in total. The zero-order valence-electron chi connectivity index (χ0n) is 16.6. The minimum atomic E-state index is -3.58. The van der Waals surface area contributed by atoms with Crippen LogP contribution in [0.1, 0.15) is 29.5 Å². The molecule has 0 aliphatic carbocycles. The van der Waals surface area contributed by atoms with Crippen molar-refractivity contribution in [1.82, 2.24) is 23.6 Å². The second kappa shape index (κ2) is 6.86. The van der Waals surface area contributed by atoms with Crippen molar-refractivity contribution >= 4 is 10.0 Å². The van der Waals surface area contributed by atoms with Crippen LogP contribution in [0.15, 0.2) is 41.4 Å². The van der Waals surface area contributed by atoms with Crippen LogP contribution >= 0.6 is 0 Å². The molecule has 4 rings (SSSR count). The Morgan fingerprint density at radius 2 is 1.82 bits per heavy atom. The molecular weight excluding hydrogens is 374 g/mol. The summed E-state index contributed by atoms with van der Waals surface area (Å²) >= 11 is 0. The fourth-order valence-corrected chi connectivity index (χ4v) is 6.00. The van der Waals surface area contributed by atoms with Gasteiger partial charge >= 0.3 is 0 Å². The van der Waals surface area contributed by atoms with E-state index in [1.54, 1.807) is 29.9 Å². The first kappa shape index (κ1) is 18.9. The molecule has 1 fully saturated rings. The Kier molecular flexibility index (Phi) is 4.63. The number of hydrogen-bond acceptors (Lipinski definition) is 4. The first-order valence-electron chi connectivity index (χ1n) is 9.40. The summed E-state index contributed by atoms with van der Waals surface area (Å²) in [5.41, 5.74) is 3.30. The Labute approximate surface area is 165 Å². The molecule has 1 atom stereocenters. The summed E-state index contributed by atoms with van der Waals surface area (Å²) in [5.74, 6) is 0.885. The maximum atomic E-state index is 13.3. The summed E-state index contributed by atoms with van der Waals surface area (Å²) in [5, 5.41) is 4.28. The van der Waals surface area contributed by atoms with Crippen molar-refractivity contribution in [2.45, 2.75) is 38.1 Å². The van der Waals surface area contributed by atoms with Gasteiger partial charge < -0.3 is 4.57 Å². The smallest absolute Gasteiger partial charge is 0.246 e. The van der Waals surface area contributed by atoms with E-state index in [4.69, 9.17) is 0 Å². The molecule has 0 bridgehead atoms. The lowest BCUT2D eigenvalue weighted by molar-refractivity contribution is 0.450. The predicted octanol–water partition coefficient (Wildman–Crippen LogP) is 2.84. The molecular formula is C20H25N5O2S. The molecule has 7 nitrogen and oxygen atoms in total. The van der Waals surface area contributed by atoms with Gasteiger partial charge in [-0.3, -0.25) is 4.68 Å². The summed E-state index contributed by atoms with van der Waals surface area (Å²) in [6.07, 6.45) is 2.61. The monoisotopic (exact) mass is 399 g/mol. The Bertz CT molecular complexity index is 1120. The van der Waals surface area contributed by atoms with Gasteiger partial charge in [0.05, 0.1) is 17.4 Å². The van der Waals surface area contributed by atoms with Crippen LogP contribution in [-0.2, 0) is 17.1 Å². The van der Waals surface area contributed by atoms with E-state index < -0.39 is 10.0 Å². The minimum Gasteiger partial charge on any atom is -0.324 e. The molecule has 0 saturated carbocycles.